The van der Waals surface area contributed by atoms with Gasteiger partial charge in [0.1, 0.15) is 0 Å². The maximum Gasteiger partial charge on any atom is 0.211 e. The van der Waals surface area contributed by atoms with E-state index in [1.165, 1.54) is 34.9 Å². The number of benzene rings is 2. The summed E-state index contributed by atoms with van der Waals surface area (Å²) in [6.45, 7) is 5.15. The standard InChI is InChI=1S/C25H26N4OS/c1-18-15-25(17-30-18)9-12-28(13-10-25)24-27-16-22(23-26-11-14-29(23)24)31-21-8-4-6-19-5-2-3-7-20(19)21/h2-8,11,14,16,18H,9-10,12-13,15,17H2,1H3/t18-/m0/s1. The van der Waals surface area contributed by atoms with Crippen LogP contribution in [0.1, 0.15) is 26.2 Å². The number of piperidine rings is 1. The lowest BCUT2D eigenvalue weighted by Gasteiger charge is -2.39. The van der Waals surface area contributed by atoms with Crippen molar-refractivity contribution in [3.05, 3.63) is 61.1 Å². The van der Waals surface area contributed by atoms with Crippen molar-refractivity contribution < 1.29 is 4.74 Å². The molecule has 0 radical (unpaired) electrons. The van der Waals surface area contributed by atoms with Gasteiger partial charge in [-0.1, -0.05) is 48.2 Å². The average molecular weight is 431 g/mol. The average Bonchev–Trinajstić information content (AvgIpc) is 3.43. The molecule has 1 spiro atoms. The second-order valence-electron chi connectivity index (χ2n) is 8.94. The summed E-state index contributed by atoms with van der Waals surface area (Å²) in [5.74, 6) is 0.997. The summed E-state index contributed by atoms with van der Waals surface area (Å²) in [7, 11) is 0. The molecule has 1 atom stereocenters. The zero-order chi connectivity index (χ0) is 20.8. The van der Waals surface area contributed by atoms with Crippen molar-refractivity contribution in [3.63, 3.8) is 0 Å². The molecule has 2 saturated heterocycles. The number of fused-ring (bicyclic) bond motifs is 2. The number of nitrogens with zero attached hydrogens (tertiary/aromatic N) is 4. The maximum atomic E-state index is 5.90. The van der Waals surface area contributed by atoms with Gasteiger partial charge in [0.25, 0.3) is 0 Å². The van der Waals surface area contributed by atoms with Crippen molar-refractivity contribution in [3.8, 4) is 0 Å². The van der Waals surface area contributed by atoms with E-state index in [1.54, 1.807) is 11.8 Å². The summed E-state index contributed by atoms with van der Waals surface area (Å²) in [5.41, 5.74) is 1.34. The Morgan fingerprint density at radius 3 is 2.71 bits per heavy atom. The minimum atomic E-state index is 0.369. The maximum absolute atomic E-state index is 5.90. The molecular weight excluding hydrogens is 404 g/mol. The van der Waals surface area contributed by atoms with Gasteiger partial charge in [-0.25, -0.2) is 9.97 Å². The van der Waals surface area contributed by atoms with Crippen LogP contribution in [0.25, 0.3) is 16.4 Å². The van der Waals surface area contributed by atoms with Crippen LogP contribution >= 0.6 is 11.8 Å². The normalized spacial score (nSPS) is 20.8. The van der Waals surface area contributed by atoms with Crippen LogP contribution in [0.4, 0.5) is 5.95 Å². The molecule has 2 aliphatic heterocycles. The number of ether oxygens (including phenoxy) is 1. The van der Waals surface area contributed by atoms with E-state index in [0.717, 1.165) is 36.2 Å². The lowest BCUT2D eigenvalue weighted by Crippen LogP contribution is -2.41. The van der Waals surface area contributed by atoms with Crippen molar-refractivity contribution in [1.82, 2.24) is 14.4 Å². The Balaban J connectivity index is 1.29. The Kier molecular flexibility index (Phi) is 4.65. The third-order valence-corrected chi connectivity index (χ3v) is 7.93. The van der Waals surface area contributed by atoms with Crippen molar-refractivity contribution in [1.29, 1.82) is 0 Å². The lowest BCUT2D eigenvalue weighted by atomic mass is 9.77. The van der Waals surface area contributed by atoms with Gasteiger partial charge in [0.15, 0.2) is 5.65 Å². The highest BCUT2D eigenvalue weighted by molar-refractivity contribution is 7.99. The van der Waals surface area contributed by atoms with Crippen LogP contribution in [-0.2, 0) is 4.74 Å². The highest BCUT2D eigenvalue weighted by atomic mass is 32.2. The molecule has 2 fully saturated rings. The number of hydrogen-bond donors (Lipinski definition) is 0. The quantitative estimate of drug-likeness (QED) is 0.434. The number of aromatic nitrogens is 3. The predicted molar refractivity (Wildman–Crippen MR) is 125 cm³/mol. The second-order valence-corrected chi connectivity index (χ2v) is 10.0. The van der Waals surface area contributed by atoms with E-state index in [4.69, 9.17) is 9.72 Å². The second kappa shape index (κ2) is 7.53. The van der Waals surface area contributed by atoms with E-state index < -0.39 is 0 Å². The Hall–Kier alpha value is -2.57. The van der Waals surface area contributed by atoms with Gasteiger partial charge in [-0.2, -0.15) is 0 Å². The van der Waals surface area contributed by atoms with Crippen LogP contribution in [0, 0.1) is 5.41 Å². The third kappa shape index (κ3) is 3.38. The summed E-state index contributed by atoms with van der Waals surface area (Å²) in [6, 6.07) is 15.0. The number of anilines is 1. The molecule has 2 aromatic carbocycles. The van der Waals surface area contributed by atoms with E-state index in [0.29, 0.717) is 11.5 Å². The topological polar surface area (TPSA) is 42.7 Å². The Bertz CT molecular complexity index is 1240. The first-order chi connectivity index (χ1) is 15.2. The fourth-order valence-corrected chi connectivity index (χ4v) is 6.20. The molecule has 0 unspecified atom stereocenters. The summed E-state index contributed by atoms with van der Waals surface area (Å²) >= 11 is 1.74. The molecule has 4 aromatic rings. The minimum Gasteiger partial charge on any atom is -0.378 e. The van der Waals surface area contributed by atoms with Gasteiger partial charge in [0.05, 0.1) is 17.6 Å². The first-order valence-corrected chi connectivity index (χ1v) is 11.9. The molecule has 0 amide bonds. The van der Waals surface area contributed by atoms with Gasteiger partial charge in [0, 0.05) is 36.6 Å². The zero-order valence-corrected chi connectivity index (χ0v) is 18.5. The molecule has 0 saturated carbocycles. The van der Waals surface area contributed by atoms with Crippen LogP contribution in [0.5, 0.6) is 0 Å². The smallest absolute Gasteiger partial charge is 0.211 e. The summed E-state index contributed by atoms with van der Waals surface area (Å²) in [6.07, 6.45) is 9.84. The van der Waals surface area contributed by atoms with E-state index in [9.17, 15) is 0 Å². The largest absolute Gasteiger partial charge is 0.378 e. The number of imidazole rings is 1. The van der Waals surface area contributed by atoms with Crippen molar-refractivity contribution in [2.75, 3.05) is 24.6 Å². The summed E-state index contributed by atoms with van der Waals surface area (Å²) < 4.78 is 8.05. The molecule has 5 nitrogen and oxygen atoms in total. The van der Waals surface area contributed by atoms with Crippen LogP contribution in [0.3, 0.4) is 0 Å². The van der Waals surface area contributed by atoms with Gasteiger partial charge < -0.3 is 9.64 Å². The fraction of sp³-hybridized carbons (Fsp3) is 0.360. The van der Waals surface area contributed by atoms with Crippen LogP contribution in [-0.4, -0.2) is 40.2 Å². The monoisotopic (exact) mass is 430 g/mol. The molecule has 158 valence electrons. The van der Waals surface area contributed by atoms with E-state index in [1.807, 2.05) is 18.6 Å². The van der Waals surface area contributed by atoms with Crippen LogP contribution < -0.4 is 4.90 Å². The van der Waals surface area contributed by atoms with Crippen molar-refractivity contribution >= 4 is 34.1 Å². The molecule has 31 heavy (non-hydrogen) atoms. The molecule has 2 aromatic heterocycles. The van der Waals surface area contributed by atoms with Gasteiger partial charge in [-0.05, 0) is 48.4 Å². The molecule has 0 N–H and O–H groups in total. The summed E-state index contributed by atoms with van der Waals surface area (Å²) in [5, 5.41) is 2.52. The molecule has 4 heterocycles. The Morgan fingerprint density at radius 2 is 1.87 bits per heavy atom. The molecule has 6 heteroatoms. The van der Waals surface area contributed by atoms with Crippen molar-refractivity contribution in [2.45, 2.75) is 42.1 Å². The minimum absolute atomic E-state index is 0.369. The molecule has 0 aliphatic carbocycles. The zero-order valence-electron chi connectivity index (χ0n) is 17.7. The molecule has 0 bridgehead atoms. The highest BCUT2D eigenvalue weighted by Crippen LogP contribution is 2.43. The van der Waals surface area contributed by atoms with E-state index >= 15 is 0 Å². The molecule has 2 aliphatic rings. The molecular formula is C25H26N4OS. The van der Waals surface area contributed by atoms with Gasteiger partial charge in [-0.3, -0.25) is 4.40 Å². The van der Waals surface area contributed by atoms with Crippen LogP contribution in [0.15, 0.2) is 70.8 Å². The number of rotatable bonds is 3. The number of hydrogen-bond acceptors (Lipinski definition) is 5. The first-order valence-electron chi connectivity index (χ1n) is 11.1. The lowest BCUT2D eigenvalue weighted by molar-refractivity contribution is 0.0975. The third-order valence-electron chi connectivity index (χ3n) is 6.84. The van der Waals surface area contributed by atoms with Gasteiger partial charge >= 0.3 is 0 Å². The van der Waals surface area contributed by atoms with E-state index in [-0.39, 0.29) is 0 Å². The first kappa shape index (κ1) is 19.1. The van der Waals surface area contributed by atoms with E-state index in [2.05, 4.69) is 63.7 Å². The highest BCUT2D eigenvalue weighted by Gasteiger charge is 2.41. The SMILES string of the molecule is C[C@H]1CC2(CCN(c3ncc(Sc4cccc5ccccc45)c4nccn34)CC2)CO1. The fourth-order valence-electron chi connectivity index (χ4n) is 5.17. The van der Waals surface area contributed by atoms with Crippen LogP contribution in [0.2, 0.25) is 0 Å². The predicted octanol–water partition coefficient (Wildman–Crippen LogP) is 5.43. The van der Waals surface area contributed by atoms with Gasteiger partial charge in [-0.15, -0.1) is 0 Å². The Labute approximate surface area is 186 Å². The van der Waals surface area contributed by atoms with Crippen molar-refractivity contribution in [2.24, 2.45) is 5.41 Å². The van der Waals surface area contributed by atoms with Gasteiger partial charge in [0.2, 0.25) is 5.95 Å². The summed E-state index contributed by atoms with van der Waals surface area (Å²) in [4.78, 5) is 14.3. The Morgan fingerprint density at radius 1 is 1.03 bits per heavy atom. The molecule has 6 rings (SSSR count).